The van der Waals surface area contributed by atoms with Crippen molar-refractivity contribution >= 4 is 58.8 Å². The lowest BCUT2D eigenvalue weighted by Crippen LogP contribution is -2.51. The Bertz CT molecular complexity index is 624. The standard InChI is InChI=1S/C17H25ClN4OS.HI/c1-2-19-16(20-8-6-13-4-5-14(18)24-13)22-9-3-7-17(12-22)10-15(23)21-11-17;/h4-5H,2-3,6-12H2,1H3,(H,19,20)(H,21,23);1H. The second-order valence-corrected chi connectivity index (χ2v) is 8.47. The number of piperidine rings is 1. The van der Waals surface area contributed by atoms with Gasteiger partial charge in [-0.3, -0.25) is 9.79 Å². The van der Waals surface area contributed by atoms with Crippen molar-refractivity contribution in [1.82, 2.24) is 15.5 Å². The van der Waals surface area contributed by atoms with E-state index in [1.807, 2.05) is 6.07 Å². The van der Waals surface area contributed by atoms with Crippen LogP contribution >= 0.6 is 46.9 Å². The third-order valence-corrected chi connectivity index (χ3v) is 6.03. The van der Waals surface area contributed by atoms with Gasteiger partial charge < -0.3 is 15.5 Å². The number of hydrogen-bond donors (Lipinski definition) is 2. The van der Waals surface area contributed by atoms with Gasteiger partial charge in [-0.2, -0.15) is 0 Å². The van der Waals surface area contributed by atoms with Crippen LogP contribution in [0.2, 0.25) is 4.34 Å². The Kier molecular flexibility index (Phi) is 7.82. The van der Waals surface area contributed by atoms with Crippen molar-refractivity contribution in [2.75, 3.05) is 32.7 Å². The predicted octanol–water partition coefficient (Wildman–Crippen LogP) is 3.13. The Labute approximate surface area is 175 Å². The molecule has 1 atom stereocenters. The Hall–Kier alpha value is -0.540. The number of carbonyl (C=O) groups excluding carboxylic acids is 1. The van der Waals surface area contributed by atoms with Crippen molar-refractivity contribution in [2.24, 2.45) is 10.4 Å². The van der Waals surface area contributed by atoms with Gasteiger partial charge in [-0.15, -0.1) is 35.3 Å². The molecule has 5 nitrogen and oxygen atoms in total. The molecule has 140 valence electrons. The molecule has 1 aromatic heterocycles. The minimum absolute atomic E-state index is 0. The number of nitrogens with one attached hydrogen (secondary N) is 2. The summed E-state index contributed by atoms with van der Waals surface area (Å²) in [6.45, 7) is 6.41. The van der Waals surface area contributed by atoms with Crippen LogP contribution in [0.4, 0.5) is 0 Å². The average Bonchev–Trinajstić information content (AvgIpc) is 3.13. The van der Waals surface area contributed by atoms with Gasteiger partial charge in [0.2, 0.25) is 5.91 Å². The molecule has 2 aliphatic heterocycles. The van der Waals surface area contributed by atoms with Crippen molar-refractivity contribution in [3.8, 4) is 0 Å². The lowest BCUT2D eigenvalue weighted by atomic mass is 9.79. The van der Waals surface area contributed by atoms with Gasteiger partial charge in [-0.25, -0.2) is 0 Å². The highest BCUT2D eigenvalue weighted by molar-refractivity contribution is 14.0. The normalized spacial score (nSPS) is 23.5. The first-order chi connectivity index (χ1) is 11.6. The van der Waals surface area contributed by atoms with Crippen molar-refractivity contribution in [3.05, 3.63) is 21.3 Å². The third kappa shape index (κ3) is 5.47. The summed E-state index contributed by atoms with van der Waals surface area (Å²) in [6.07, 6.45) is 3.79. The summed E-state index contributed by atoms with van der Waals surface area (Å²) in [5, 5.41) is 6.41. The summed E-state index contributed by atoms with van der Waals surface area (Å²) in [7, 11) is 0. The fourth-order valence-corrected chi connectivity index (χ4v) is 4.69. The van der Waals surface area contributed by atoms with E-state index in [2.05, 4.69) is 28.5 Å². The number of amides is 1. The van der Waals surface area contributed by atoms with E-state index < -0.39 is 0 Å². The fraction of sp³-hybridized carbons (Fsp3) is 0.647. The van der Waals surface area contributed by atoms with Crippen LogP contribution in [0, 0.1) is 5.41 Å². The molecule has 25 heavy (non-hydrogen) atoms. The number of nitrogens with zero attached hydrogens (tertiary/aromatic N) is 2. The van der Waals surface area contributed by atoms with Gasteiger partial charge in [0.15, 0.2) is 5.96 Å². The molecular weight excluding hydrogens is 471 g/mol. The molecule has 1 unspecified atom stereocenters. The zero-order valence-electron chi connectivity index (χ0n) is 14.5. The molecule has 2 saturated heterocycles. The first-order valence-electron chi connectivity index (χ1n) is 8.64. The van der Waals surface area contributed by atoms with Crippen molar-refractivity contribution in [3.63, 3.8) is 0 Å². The third-order valence-electron chi connectivity index (χ3n) is 4.74. The van der Waals surface area contributed by atoms with E-state index in [1.54, 1.807) is 11.3 Å². The number of guanidine groups is 1. The van der Waals surface area contributed by atoms with Crippen LogP contribution in [-0.4, -0.2) is 49.5 Å². The minimum atomic E-state index is 0. The zero-order valence-corrected chi connectivity index (χ0v) is 18.4. The fourth-order valence-electron chi connectivity index (χ4n) is 3.61. The van der Waals surface area contributed by atoms with Crippen molar-refractivity contribution in [2.45, 2.75) is 32.6 Å². The highest BCUT2D eigenvalue weighted by atomic mass is 127. The molecular formula is C17H26ClIN4OS. The van der Waals surface area contributed by atoms with Gasteiger partial charge in [0.1, 0.15) is 0 Å². The van der Waals surface area contributed by atoms with Crippen LogP contribution < -0.4 is 10.6 Å². The Morgan fingerprint density at radius 2 is 2.36 bits per heavy atom. The van der Waals surface area contributed by atoms with Gasteiger partial charge in [0.05, 0.1) is 4.34 Å². The predicted molar refractivity (Wildman–Crippen MR) is 115 cm³/mol. The number of carbonyl (C=O) groups is 1. The highest BCUT2D eigenvalue weighted by Crippen LogP contribution is 2.36. The van der Waals surface area contributed by atoms with Crippen LogP contribution in [0.25, 0.3) is 0 Å². The molecule has 3 rings (SSSR count). The number of hydrogen-bond acceptors (Lipinski definition) is 3. The summed E-state index contributed by atoms with van der Waals surface area (Å²) in [6, 6.07) is 4.01. The number of aliphatic imine (C=N–C) groups is 1. The topological polar surface area (TPSA) is 56.7 Å². The van der Waals surface area contributed by atoms with E-state index in [0.29, 0.717) is 6.42 Å². The molecule has 2 aliphatic rings. The van der Waals surface area contributed by atoms with Gasteiger partial charge >= 0.3 is 0 Å². The highest BCUT2D eigenvalue weighted by Gasteiger charge is 2.42. The first-order valence-corrected chi connectivity index (χ1v) is 9.84. The average molecular weight is 497 g/mol. The van der Waals surface area contributed by atoms with E-state index in [-0.39, 0.29) is 35.3 Å². The molecule has 0 aromatic carbocycles. The number of rotatable bonds is 4. The molecule has 0 saturated carbocycles. The molecule has 3 heterocycles. The van der Waals surface area contributed by atoms with Crippen LogP contribution in [0.3, 0.4) is 0 Å². The van der Waals surface area contributed by atoms with E-state index in [4.69, 9.17) is 16.6 Å². The minimum Gasteiger partial charge on any atom is -0.357 e. The van der Waals surface area contributed by atoms with E-state index in [1.165, 1.54) is 4.88 Å². The summed E-state index contributed by atoms with van der Waals surface area (Å²) in [5.41, 5.74) is 0.0901. The summed E-state index contributed by atoms with van der Waals surface area (Å²) in [4.78, 5) is 20.1. The first kappa shape index (κ1) is 20.8. The molecule has 1 amide bonds. The van der Waals surface area contributed by atoms with Gasteiger partial charge in [-0.05, 0) is 31.9 Å². The quantitative estimate of drug-likeness (QED) is 0.383. The second kappa shape index (κ2) is 9.41. The molecule has 2 N–H and O–H groups in total. The molecule has 0 aliphatic carbocycles. The van der Waals surface area contributed by atoms with Gasteiger partial charge in [0, 0.05) is 55.9 Å². The maximum atomic E-state index is 11.7. The lowest BCUT2D eigenvalue weighted by molar-refractivity contribution is -0.119. The van der Waals surface area contributed by atoms with Gasteiger partial charge in [0.25, 0.3) is 0 Å². The lowest BCUT2D eigenvalue weighted by Gasteiger charge is -2.40. The second-order valence-electron chi connectivity index (χ2n) is 6.67. The summed E-state index contributed by atoms with van der Waals surface area (Å²) in [5.74, 6) is 1.16. The largest absolute Gasteiger partial charge is 0.357 e. The monoisotopic (exact) mass is 496 g/mol. The van der Waals surface area contributed by atoms with Gasteiger partial charge in [-0.1, -0.05) is 11.6 Å². The van der Waals surface area contributed by atoms with Crippen LogP contribution in [0.5, 0.6) is 0 Å². The Morgan fingerprint density at radius 1 is 1.52 bits per heavy atom. The van der Waals surface area contributed by atoms with E-state index in [0.717, 1.165) is 62.3 Å². The van der Waals surface area contributed by atoms with Crippen molar-refractivity contribution in [1.29, 1.82) is 0 Å². The molecule has 1 aromatic rings. The molecule has 0 bridgehead atoms. The number of halogens is 2. The Morgan fingerprint density at radius 3 is 3.00 bits per heavy atom. The van der Waals surface area contributed by atoms with E-state index in [9.17, 15) is 4.79 Å². The van der Waals surface area contributed by atoms with E-state index >= 15 is 0 Å². The summed E-state index contributed by atoms with van der Waals surface area (Å²) >= 11 is 7.60. The SMILES string of the molecule is CCNC(=NCCc1ccc(Cl)s1)N1CCCC2(CNC(=O)C2)C1.I. The Balaban J connectivity index is 0.00000225. The number of likely N-dealkylation sites (tertiary alicyclic amines) is 1. The summed E-state index contributed by atoms with van der Waals surface area (Å²) < 4.78 is 0.831. The zero-order chi connectivity index (χ0) is 17.0. The smallest absolute Gasteiger partial charge is 0.220 e. The molecule has 1 spiro atoms. The molecule has 2 fully saturated rings. The molecule has 8 heteroatoms. The number of thiophene rings is 1. The molecule has 0 radical (unpaired) electrons. The van der Waals surface area contributed by atoms with Crippen LogP contribution in [0.1, 0.15) is 31.1 Å². The van der Waals surface area contributed by atoms with Crippen LogP contribution in [0.15, 0.2) is 17.1 Å². The maximum Gasteiger partial charge on any atom is 0.220 e. The van der Waals surface area contributed by atoms with Crippen LogP contribution in [-0.2, 0) is 11.2 Å². The maximum absolute atomic E-state index is 11.7. The van der Waals surface area contributed by atoms with Crippen molar-refractivity contribution < 1.29 is 4.79 Å².